The number of rotatable bonds is 6. The molecule has 2 aliphatic carbocycles. The Kier molecular flexibility index (Phi) is 5.97. The quantitative estimate of drug-likeness (QED) is 0.346. The van der Waals surface area contributed by atoms with Crippen molar-refractivity contribution in [3.63, 3.8) is 0 Å². The summed E-state index contributed by atoms with van der Waals surface area (Å²) in [5.74, 6) is -0.514. The van der Waals surface area contributed by atoms with Gasteiger partial charge in [-0.15, -0.1) is 11.3 Å². The molecule has 4 aromatic heterocycles. The third kappa shape index (κ3) is 4.00. The van der Waals surface area contributed by atoms with Gasteiger partial charge >= 0.3 is 6.03 Å². The van der Waals surface area contributed by atoms with Gasteiger partial charge in [0.1, 0.15) is 9.75 Å². The highest BCUT2D eigenvalue weighted by molar-refractivity contribution is 7.91. The Labute approximate surface area is 234 Å². The topological polar surface area (TPSA) is 138 Å². The summed E-state index contributed by atoms with van der Waals surface area (Å²) in [6, 6.07) is 3.01. The first kappa shape index (κ1) is 25.8. The lowest BCUT2D eigenvalue weighted by molar-refractivity contribution is 0.182. The molecular weight excluding hydrogens is 558 g/mol. The Morgan fingerprint density at radius 2 is 2.05 bits per heavy atom. The van der Waals surface area contributed by atoms with Crippen LogP contribution in [0.15, 0.2) is 66.4 Å². The smallest absolute Gasteiger partial charge is 0.312 e. The minimum absolute atomic E-state index is 0.307. The number of hydrogen-bond donors (Lipinski definition) is 2. The van der Waals surface area contributed by atoms with Crippen molar-refractivity contribution in [2.75, 3.05) is 0 Å². The van der Waals surface area contributed by atoms with Crippen molar-refractivity contribution in [1.82, 2.24) is 29.0 Å². The molecule has 3 N–H and O–H groups in total. The van der Waals surface area contributed by atoms with E-state index in [1.807, 2.05) is 12.3 Å². The largest absolute Gasteiger partial charge is 0.352 e. The highest BCUT2D eigenvalue weighted by atomic mass is 35.5. The summed E-state index contributed by atoms with van der Waals surface area (Å²) in [4.78, 5) is 21.5. The Morgan fingerprint density at radius 1 is 1.26 bits per heavy atom. The Balaban J connectivity index is 1.43. The number of carbonyl (C=O) groups is 1. The molecule has 10 nitrogen and oxygen atoms in total. The predicted octanol–water partition coefficient (Wildman–Crippen LogP) is 4.35. The Bertz CT molecular complexity index is 1780. The van der Waals surface area contributed by atoms with Gasteiger partial charge in [-0.05, 0) is 56.0 Å². The maximum atomic E-state index is 14.3. The molecule has 4 aromatic rings. The minimum Gasteiger partial charge on any atom is -0.352 e. The van der Waals surface area contributed by atoms with Crippen molar-refractivity contribution >= 4 is 50.0 Å². The number of primary amides is 1. The Morgan fingerprint density at radius 3 is 2.72 bits per heavy atom. The zero-order valence-electron chi connectivity index (χ0n) is 21.2. The molecule has 0 bridgehead atoms. The number of thiazole rings is 1. The van der Waals surface area contributed by atoms with E-state index in [1.165, 1.54) is 21.5 Å². The molecule has 0 aromatic carbocycles. The van der Waals surface area contributed by atoms with Crippen molar-refractivity contribution in [2.24, 2.45) is 12.8 Å². The standard InChI is InChI=1S/C26H26ClN7O3S2/c1-25(12-17(27)4-5-20(25)16-13-31-33(2)15-16)39(36,37)34-11-7-19-18(6-10-29-22(19)34)21-14-30-23(38-21)26(8-3-9-26)32-24(28)35/h4-7,10-15,20H,3,8-9H2,1-2H3,(H3,28,32,35). The van der Waals surface area contributed by atoms with Crippen LogP contribution >= 0.6 is 22.9 Å². The van der Waals surface area contributed by atoms with Crippen molar-refractivity contribution < 1.29 is 13.2 Å². The molecule has 2 unspecified atom stereocenters. The van der Waals surface area contributed by atoms with Crippen molar-refractivity contribution in [1.29, 1.82) is 0 Å². The molecule has 0 spiro atoms. The number of nitrogens with two attached hydrogens (primary N) is 1. The zero-order chi connectivity index (χ0) is 27.6. The Hall–Kier alpha value is -3.48. The molecule has 2 aliphatic rings. The second kappa shape index (κ2) is 9.04. The fourth-order valence-corrected chi connectivity index (χ4v) is 8.83. The lowest BCUT2D eigenvalue weighted by Gasteiger charge is -2.40. The van der Waals surface area contributed by atoms with Crippen molar-refractivity contribution in [2.45, 2.75) is 42.4 Å². The average molecular weight is 584 g/mol. The summed E-state index contributed by atoms with van der Waals surface area (Å²) >= 11 is 7.82. The molecule has 0 radical (unpaired) electrons. The fourth-order valence-electron chi connectivity index (χ4n) is 5.48. The number of amides is 2. The summed E-state index contributed by atoms with van der Waals surface area (Å²) in [6.45, 7) is 1.67. The first-order valence-corrected chi connectivity index (χ1v) is 15.0. The number of urea groups is 1. The summed E-state index contributed by atoms with van der Waals surface area (Å²) in [7, 11) is -2.27. The molecule has 13 heteroatoms. The normalized spacial score (nSPS) is 22.4. The van der Waals surface area contributed by atoms with Crippen LogP contribution in [0.4, 0.5) is 4.79 Å². The number of nitrogens with zero attached hydrogens (tertiary/aromatic N) is 5. The number of nitrogens with one attached hydrogen (secondary N) is 1. The van der Waals surface area contributed by atoms with Gasteiger partial charge in [-0.1, -0.05) is 17.7 Å². The van der Waals surface area contributed by atoms with E-state index in [-0.39, 0.29) is 0 Å². The number of fused-ring (bicyclic) bond motifs is 1. The number of aromatic nitrogens is 5. The van der Waals surface area contributed by atoms with E-state index in [0.29, 0.717) is 16.1 Å². The molecule has 0 aliphatic heterocycles. The van der Waals surface area contributed by atoms with E-state index in [4.69, 9.17) is 17.3 Å². The second-order valence-electron chi connectivity index (χ2n) is 10.2. The SMILES string of the molecule is Cn1cc(C2C=CC(Cl)=CC2(C)S(=O)(=O)n2ccc3c(-c4cnc(C5(NC(N)=O)CCC5)s4)ccnc32)cn1. The van der Waals surface area contributed by atoms with Gasteiger partial charge in [-0.3, -0.25) is 4.68 Å². The van der Waals surface area contributed by atoms with Crippen LogP contribution in [0, 0.1) is 0 Å². The number of halogens is 1. The van der Waals surface area contributed by atoms with Gasteiger partial charge in [-0.2, -0.15) is 5.10 Å². The first-order chi connectivity index (χ1) is 18.5. The second-order valence-corrected chi connectivity index (χ2v) is 13.9. The molecule has 1 saturated carbocycles. The summed E-state index contributed by atoms with van der Waals surface area (Å²) < 4.78 is 30.2. The molecule has 39 heavy (non-hydrogen) atoms. The molecule has 4 heterocycles. The van der Waals surface area contributed by atoms with Gasteiger partial charge in [-0.25, -0.2) is 27.2 Å². The van der Waals surface area contributed by atoms with Crippen LogP contribution in [0.25, 0.3) is 21.5 Å². The van der Waals surface area contributed by atoms with Crippen LogP contribution < -0.4 is 11.1 Å². The maximum Gasteiger partial charge on any atom is 0.312 e. The van der Waals surface area contributed by atoms with Gasteiger partial charge in [0.25, 0.3) is 0 Å². The van der Waals surface area contributed by atoms with E-state index in [2.05, 4.69) is 20.4 Å². The monoisotopic (exact) mass is 583 g/mol. The molecule has 1 fully saturated rings. The molecule has 6 rings (SSSR count). The third-order valence-corrected chi connectivity index (χ3v) is 11.5. The number of allylic oxidation sites excluding steroid dienone is 3. The predicted molar refractivity (Wildman–Crippen MR) is 151 cm³/mol. The molecule has 2 amide bonds. The summed E-state index contributed by atoms with van der Waals surface area (Å²) in [6.07, 6.45) is 16.0. The summed E-state index contributed by atoms with van der Waals surface area (Å²) in [5.41, 5.74) is 6.75. The van der Waals surface area contributed by atoms with Gasteiger partial charge in [0.05, 0.1) is 16.6 Å². The highest BCUT2D eigenvalue weighted by Gasteiger charge is 2.48. The number of carbonyl (C=O) groups excluding carboxylic acids is 1. The van der Waals surface area contributed by atoms with Crippen molar-refractivity contribution in [3.05, 3.63) is 76.9 Å². The highest BCUT2D eigenvalue weighted by Crippen LogP contribution is 2.46. The number of pyridine rings is 1. The van der Waals surface area contributed by atoms with Crippen LogP contribution in [0.5, 0.6) is 0 Å². The lowest BCUT2D eigenvalue weighted by Crippen LogP contribution is -2.52. The third-order valence-electron chi connectivity index (χ3n) is 7.69. The van der Waals surface area contributed by atoms with Crippen LogP contribution in [0.2, 0.25) is 0 Å². The molecule has 0 saturated heterocycles. The van der Waals surface area contributed by atoms with E-state index in [1.54, 1.807) is 61.5 Å². The molecule has 202 valence electrons. The van der Waals surface area contributed by atoms with Crippen LogP contribution in [-0.2, 0) is 22.6 Å². The van der Waals surface area contributed by atoms with Crippen molar-refractivity contribution in [3.8, 4) is 10.4 Å². The van der Waals surface area contributed by atoms with E-state index >= 15 is 0 Å². The van der Waals surface area contributed by atoms with E-state index in [9.17, 15) is 13.2 Å². The number of hydrogen-bond acceptors (Lipinski definition) is 7. The average Bonchev–Trinajstić information content (AvgIpc) is 3.61. The van der Waals surface area contributed by atoms with E-state index < -0.39 is 32.3 Å². The molecule has 2 atom stereocenters. The van der Waals surface area contributed by atoms with Gasteiger partial charge < -0.3 is 11.1 Å². The first-order valence-electron chi connectivity index (χ1n) is 12.3. The molecular formula is C26H26ClN7O3S2. The lowest BCUT2D eigenvalue weighted by atomic mass is 9.77. The van der Waals surface area contributed by atoms with Crippen LogP contribution in [0.1, 0.15) is 42.7 Å². The minimum atomic E-state index is -4.06. The van der Waals surface area contributed by atoms with E-state index in [0.717, 1.165) is 40.3 Å². The van der Waals surface area contributed by atoms with Gasteiger partial charge in [0.15, 0.2) is 5.65 Å². The maximum absolute atomic E-state index is 14.3. The summed E-state index contributed by atoms with van der Waals surface area (Å²) in [5, 5.41) is 8.90. The zero-order valence-corrected chi connectivity index (χ0v) is 23.6. The number of aryl methyl sites for hydroxylation is 1. The van der Waals surface area contributed by atoms with Crippen LogP contribution in [0.3, 0.4) is 0 Å². The van der Waals surface area contributed by atoms with Gasteiger partial charge in [0.2, 0.25) is 10.0 Å². The fraction of sp³-hybridized carbons (Fsp3) is 0.308. The van der Waals surface area contributed by atoms with Crippen LogP contribution in [-0.4, -0.2) is 42.9 Å². The van der Waals surface area contributed by atoms with Gasteiger partial charge in [0, 0.05) is 53.7 Å².